The fourth-order valence-corrected chi connectivity index (χ4v) is 1.98. The van der Waals surface area contributed by atoms with Crippen molar-refractivity contribution in [2.24, 2.45) is 0 Å². The molecule has 0 saturated carbocycles. The zero-order chi connectivity index (χ0) is 16.0. The summed E-state index contributed by atoms with van der Waals surface area (Å²) in [7, 11) is 2.03. The van der Waals surface area contributed by atoms with E-state index in [-0.39, 0.29) is 11.9 Å². The number of aryl methyl sites for hydroxylation is 1. The smallest absolute Gasteiger partial charge is 0.313 e. The molecule has 1 N–H and O–H groups in total. The molecule has 4 nitrogen and oxygen atoms in total. The lowest BCUT2D eigenvalue weighted by atomic mass is 10.2. The average molecular weight is 304 g/mol. The molecule has 0 aromatic carbocycles. The first-order chi connectivity index (χ1) is 9.72. The Morgan fingerprint density at radius 2 is 2.00 bits per heavy atom. The van der Waals surface area contributed by atoms with Crippen molar-refractivity contribution in [2.45, 2.75) is 39.4 Å². The normalized spacial score (nSPS) is 13.7. The van der Waals surface area contributed by atoms with E-state index in [1.54, 1.807) is 6.92 Å². The van der Waals surface area contributed by atoms with E-state index in [0.29, 0.717) is 18.7 Å². The predicted molar refractivity (Wildman–Crippen MR) is 76.1 cm³/mol. The number of alkyl halides is 3. The molecule has 0 aliphatic rings. The fraction of sp³-hybridized carbons (Fsp3) is 0.714. The van der Waals surface area contributed by atoms with Crippen LogP contribution in [0.3, 0.4) is 0 Å². The maximum Gasteiger partial charge on any atom is 0.433 e. The van der Waals surface area contributed by atoms with Gasteiger partial charge in [0.05, 0.1) is 0 Å². The number of likely N-dealkylation sites (N-methyl/N-ethyl adjacent to an activating group) is 1. The SMILES string of the molecule is CCN(C)CC(C)NCCc1nc(C)cc(C(F)(F)F)n1. The van der Waals surface area contributed by atoms with E-state index in [9.17, 15) is 13.2 Å². The summed E-state index contributed by atoms with van der Waals surface area (Å²) in [6, 6.07) is 1.23. The molecule has 0 aliphatic heterocycles. The maximum absolute atomic E-state index is 12.7. The van der Waals surface area contributed by atoms with Crippen molar-refractivity contribution in [2.75, 3.05) is 26.7 Å². The molecule has 1 unspecified atom stereocenters. The Hall–Kier alpha value is -1.21. The van der Waals surface area contributed by atoms with Crippen LogP contribution < -0.4 is 5.32 Å². The van der Waals surface area contributed by atoms with Gasteiger partial charge >= 0.3 is 6.18 Å². The van der Waals surface area contributed by atoms with E-state index in [2.05, 4.69) is 27.1 Å². The van der Waals surface area contributed by atoms with E-state index in [0.717, 1.165) is 19.2 Å². The van der Waals surface area contributed by atoms with Gasteiger partial charge in [-0.05, 0) is 33.5 Å². The van der Waals surface area contributed by atoms with Crippen LogP contribution in [-0.2, 0) is 12.6 Å². The number of aromatic nitrogens is 2. The monoisotopic (exact) mass is 304 g/mol. The average Bonchev–Trinajstić information content (AvgIpc) is 2.36. The van der Waals surface area contributed by atoms with Gasteiger partial charge in [0.1, 0.15) is 11.5 Å². The van der Waals surface area contributed by atoms with Gasteiger partial charge in [-0.2, -0.15) is 13.2 Å². The molecule has 120 valence electrons. The van der Waals surface area contributed by atoms with Crippen LogP contribution in [0.2, 0.25) is 0 Å². The predicted octanol–water partition coefficient (Wildman–Crippen LogP) is 2.28. The zero-order valence-electron chi connectivity index (χ0n) is 13.0. The van der Waals surface area contributed by atoms with Crippen LogP contribution in [-0.4, -0.2) is 47.6 Å². The van der Waals surface area contributed by atoms with E-state index < -0.39 is 11.9 Å². The fourth-order valence-electron chi connectivity index (χ4n) is 1.98. The van der Waals surface area contributed by atoms with Gasteiger partial charge in [0, 0.05) is 31.2 Å². The highest BCUT2D eigenvalue weighted by Crippen LogP contribution is 2.27. The summed E-state index contributed by atoms with van der Waals surface area (Å²) in [6.07, 6.45) is -4.04. The molecule has 0 saturated heterocycles. The molecule has 0 amide bonds. The molecule has 0 spiro atoms. The number of nitrogens with zero attached hydrogens (tertiary/aromatic N) is 3. The molecular weight excluding hydrogens is 281 g/mol. The summed E-state index contributed by atoms with van der Waals surface area (Å²) in [4.78, 5) is 9.82. The lowest BCUT2D eigenvalue weighted by Gasteiger charge is -2.20. The van der Waals surface area contributed by atoms with Crippen molar-refractivity contribution in [3.05, 3.63) is 23.3 Å². The minimum Gasteiger partial charge on any atom is -0.313 e. The standard InChI is InChI=1S/C14H23F3N4/c1-5-21(4)9-11(3)18-7-6-13-19-10(2)8-12(20-13)14(15,16)17/h8,11,18H,5-7,9H2,1-4H3. The first-order valence-corrected chi connectivity index (χ1v) is 7.06. The number of halogens is 3. The highest BCUT2D eigenvalue weighted by molar-refractivity contribution is 5.13. The van der Waals surface area contributed by atoms with Gasteiger partial charge in [-0.25, -0.2) is 9.97 Å². The molecule has 1 aromatic rings. The van der Waals surface area contributed by atoms with E-state index >= 15 is 0 Å². The molecule has 0 aliphatic carbocycles. The quantitative estimate of drug-likeness (QED) is 0.839. The summed E-state index contributed by atoms with van der Waals surface area (Å²) >= 11 is 0. The summed E-state index contributed by atoms with van der Waals surface area (Å²) in [5.41, 5.74) is -0.533. The van der Waals surface area contributed by atoms with Crippen molar-refractivity contribution in [1.82, 2.24) is 20.2 Å². The van der Waals surface area contributed by atoms with Crippen LogP contribution in [0.15, 0.2) is 6.07 Å². The first kappa shape index (κ1) is 17.8. The lowest BCUT2D eigenvalue weighted by molar-refractivity contribution is -0.141. The summed E-state index contributed by atoms with van der Waals surface area (Å²) in [5, 5.41) is 3.27. The summed E-state index contributed by atoms with van der Waals surface area (Å²) in [6.45, 7) is 8.07. The minimum absolute atomic E-state index is 0.228. The van der Waals surface area contributed by atoms with Crippen LogP contribution in [0.25, 0.3) is 0 Å². The molecule has 1 aromatic heterocycles. The summed E-state index contributed by atoms with van der Waals surface area (Å²) in [5.74, 6) is 0.228. The van der Waals surface area contributed by atoms with Crippen molar-refractivity contribution >= 4 is 0 Å². The molecule has 1 atom stereocenters. The second kappa shape index (κ2) is 7.70. The summed E-state index contributed by atoms with van der Waals surface area (Å²) < 4.78 is 38.0. The Balaban J connectivity index is 2.54. The van der Waals surface area contributed by atoms with Crippen molar-refractivity contribution < 1.29 is 13.2 Å². The Bertz CT molecular complexity index is 448. The van der Waals surface area contributed by atoms with Gasteiger partial charge in [-0.15, -0.1) is 0 Å². The second-order valence-electron chi connectivity index (χ2n) is 5.27. The molecule has 0 bridgehead atoms. The Labute approximate surface area is 123 Å². The highest BCUT2D eigenvalue weighted by atomic mass is 19.4. The van der Waals surface area contributed by atoms with Crippen LogP contribution in [0.5, 0.6) is 0 Å². The van der Waals surface area contributed by atoms with Gasteiger partial charge in [0.15, 0.2) is 0 Å². The third kappa shape index (κ3) is 6.39. The Morgan fingerprint density at radius 1 is 1.33 bits per heavy atom. The molecule has 0 radical (unpaired) electrons. The lowest BCUT2D eigenvalue weighted by Crippen LogP contribution is -2.38. The van der Waals surface area contributed by atoms with Gasteiger partial charge < -0.3 is 10.2 Å². The zero-order valence-corrected chi connectivity index (χ0v) is 13.0. The van der Waals surface area contributed by atoms with Crippen molar-refractivity contribution in [3.8, 4) is 0 Å². The maximum atomic E-state index is 12.7. The first-order valence-electron chi connectivity index (χ1n) is 7.06. The van der Waals surface area contributed by atoms with E-state index in [1.807, 2.05) is 14.0 Å². The van der Waals surface area contributed by atoms with Gasteiger partial charge in [-0.3, -0.25) is 0 Å². The van der Waals surface area contributed by atoms with Crippen molar-refractivity contribution in [1.29, 1.82) is 0 Å². The van der Waals surface area contributed by atoms with Gasteiger partial charge in [-0.1, -0.05) is 6.92 Å². The number of hydrogen-bond acceptors (Lipinski definition) is 4. The van der Waals surface area contributed by atoms with E-state index in [4.69, 9.17) is 0 Å². The number of nitrogens with one attached hydrogen (secondary N) is 1. The van der Waals surface area contributed by atoms with Gasteiger partial charge in [0.2, 0.25) is 0 Å². The third-order valence-corrected chi connectivity index (χ3v) is 3.16. The van der Waals surface area contributed by atoms with Crippen LogP contribution in [0.4, 0.5) is 13.2 Å². The third-order valence-electron chi connectivity index (χ3n) is 3.16. The Kier molecular flexibility index (Phi) is 6.54. The van der Waals surface area contributed by atoms with Crippen LogP contribution in [0, 0.1) is 6.92 Å². The largest absolute Gasteiger partial charge is 0.433 e. The molecule has 21 heavy (non-hydrogen) atoms. The number of rotatable bonds is 7. The molecular formula is C14H23F3N4. The molecule has 0 fully saturated rings. The molecule has 1 heterocycles. The topological polar surface area (TPSA) is 41.0 Å². The highest BCUT2D eigenvalue weighted by Gasteiger charge is 2.33. The van der Waals surface area contributed by atoms with Crippen LogP contribution in [0.1, 0.15) is 31.1 Å². The minimum atomic E-state index is -4.42. The number of hydrogen-bond donors (Lipinski definition) is 1. The molecule has 1 rings (SSSR count). The Morgan fingerprint density at radius 3 is 2.57 bits per heavy atom. The van der Waals surface area contributed by atoms with Crippen LogP contribution >= 0.6 is 0 Å². The molecule has 7 heteroatoms. The van der Waals surface area contributed by atoms with Crippen molar-refractivity contribution in [3.63, 3.8) is 0 Å². The van der Waals surface area contributed by atoms with Gasteiger partial charge in [0.25, 0.3) is 0 Å². The van der Waals surface area contributed by atoms with E-state index in [1.165, 1.54) is 0 Å². The second-order valence-corrected chi connectivity index (χ2v) is 5.27.